The minimum Gasteiger partial charge on any atom is -0.449 e. The summed E-state index contributed by atoms with van der Waals surface area (Å²) in [5.41, 5.74) is 0.588. The summed E-state index contributed by atoms with van der Waals surface area (Å²) in [6, 6.07) is 4.29. The minimum atomic E-state index is -0.910. The molecule has 162 valence electrons. The molecule has 1 aromatic carbocycles. The molecular weight excluding hydrogens is 388 g/mol. The van der Waals surface area contributed by atoms with Gasteiger partial charge < -0.3 is 14.4 Å². The van der Waals surface area contributed by atoms with Gasteiger partial charge in [-0.3, -0.25) is 19.3 Å². The molecule has 0 saturated carbocycles. The van der Waals surface area contributed by atoms with Gasteiger partial charge in [-0.1, -0.05) is 12.8 Å². The fourth-order valence-electron chi connectivity index (χ4n) is 3.81. The third kappa shape index (κ3) is 4.70. The maximum atomic E-state index is 12.6. The lowest BCUT2D eigenvalue weighted by Crippen LogP contribution is -2.40. The standard InChI is InChI=1S/C22H28N2O6/c1-15(19(25)23-10-5-3-4-6-11-23)30-22(28)16-8-9-17-18(14-16)21(27)24(20(17)26)12-7-13-29-2/h8-9,14-15H,3-7,10-13H2,1-2H3. The average molecular weight is 416 g/mol. The summed E-state index contributed by atoms with van der Waals surface area (Å²) in [6.45, 7) is 3.60. The maximum Gasteiger partial charge on any atom is 0.338 e. The van der Waals surface area contributed by atoms with Gasteiger partial charge in [-0.25, -0.2) is 4.79 Å². The van der Waals surface area contributed by atoms with Crippen molar-refractivity contribution in [2.45, 2.75) is 45.1 Å². The SMILES string of the molecule is COCCCN1C(=O)c2ccc(C(=O)OC(C)C(=O)N3CCCCCC3)cc2C1=O. The Bertz CT molecular complexity index is 829. The van der Waals surface area contributed by atoms with Crippen LogP contribution in [0, 0.1) is 0 Å². The highest BCUT2D eigenvalue weighted by Crippen LogP contribution is 2.25. The van der Waals surface area contributed by atoms with E-state index in [4.69, 9.17) is 9.47 Å². The van der Waals surface area contributed by atoms with Crippen LogP contribution in [-0.4, -0.2) is 72.9 Å². The van der Waals surface area contributed by atoms with Crippen molar-refractivity contribution in [2.24, 2.45) is 0 Å². The Kier molecular flexibility index (Phi) is 7.20. The van der Waals surface area contributed by atoms with Gasteiger partial charge in [0.25, 0.3) is 17.7 Å². The molecular formula is C22H28N2O6. The molecule has 2 aliphatic rings. The molecule has 0 aromatic heterocycles. The molecule has 0 radical (unpaired) electrons. The van der Waals surface area contributed by atoms with Crippen LogP contribution in [0.25, 0.3) is 0 Å². The Balaban J connectivity index is 1.66. The molecule has 1 fully saturated rings. The van der Waals surface area contributed by atoms with Crippen molar-refractivity contribution in [1.29, 1.82) is 0 Å². The first-order valence-corrected chi connectivity index (χ1v) is 10.4. The van der Waals surface area contributed by atoms with Crippen LogP contribution in [0.15, 0.2) is 18.2 Å². The third-order valence-electron chi connectivity index (χ3n) is 5.49. The quantitative estimate of drug-likeness (QED) is 0.385. The first-order chi connectivity index (χ1) is 14.4. The second kappa shape index (κ2) is 9.84. The predicted molar refractivity (Wildman–Crippen MR) is 108 cm³/mol. The van der Waals surface area contributed by atoms with Crippen LogP contribution in [0.3, 0.4) is 0 Å². The number of hydrogen-bond acceptors (Lipinski definition) is 6. The number of nitrogens with zero attached hydrogens (tertiary/aromatic N) is 2. The monoisotopic (exact) mass is 416 g/mol. The number of esters is 1. The summed E-state index contributed by atoms with van der Waals surface area (Å²) < 4.78 is 10.3. The van der Waals surface area contributed by atoms with Crippen LogP contribution in [0.5, 0.6) is 0 Å². The first-order valence-electron chi connectivity index (χ1n) is 10.4. The van der Waals surface area contributed by atoms with Crippen molar-refractivity contribution in [3.05, 3.63) is 34.9 Å². The Morgan fingerprint density at radius 1 is 1.03 bits per heavy atom. The summed E-state index contributed by atoms with van der Waals surface area (Å²) in [5, 5.41) is 0. The van der Waals surface area contributed by atoms with Gasteiger partial charge in [0.05, 0.1) is 16.7 Å². The number of carbonyl (C=O) groups is 4. The number of hydrogen-bond donors (Lipinski definition) is 0. The molecule has 3 rings (SSSR count). The highest BCUT2D eigenvalue weighted by Gasteiger charge is 2.36. The number of amides is 3. The van der Waals surface area contributed by atoms with Gasteiger partial charge >= 0.3 is 5.97 Å². The van der Waals surface area contributed by atoms with E-state index in [0.717, 1.165) is 30.6 Å². The Morgan fingerprint density at radius 2 is 1.70 bits per heavy atom. The minimum absolute atomic E-state index is 0.143. The zero-order chi connectivity index (χ0) is 21.7. The summed E-state index contributed by atoms with van der Waals surface area (Å²) in [7, 11) is 1.55. The van der Waals surface area contributed by atoms with Crippen molar-refractivity contribution < 1.29 is 28.7 Å². The summed E-state index contributed by atoms with van der Waals surface area (Å²) in [4.78, 5) is 53.1. The summed E-state index contributed by atoms with van der Waals surface area (Å²) in [5.74, 6) is -1.71. The number of fused-ring (bicyclic) bond motifs is 1. The number of imide groups is 1. The molecule has 2 aliphatic heterocycles. The molecule has 1 aromatic rings. The van der Waals surface area contributed by atoms with E-state index < -0.39 is 18.0 Å². The van der Waals surface area contributed by atoms with E-state index in [1.807, 2.05) is 0 Å². The van der Waals surface area contributed by atoms with Gasteiger partial charge in [0, 0.05) is 33.4 Å². The molecule has 1 atom stereocenters. The van der Waals surface area contributed by atoms with Crippen molar-refractivity contribution in [3.8, 4) is 0 Å². The van der Waals surface area contributed by atoms with Gasteiger partial charge in [0.15, 0.2) is 6.10 Å². The summed E-state index contributed by atoms with van der Waals surface area (Å²) in [6.07, 6.45) is 3.73. The molecule has 2 heterocycles. The second-order valence-corrected chi connectivity index (χ2v) is 7.66. The highest BCUT2D eigenvalue weighted by molar-refractivity contribution is 6.22. The van der Waals surface area contributed by atoms with E-state index in [9.17, 15) is 19.2 Å². The zero-order valence-electron chi connectivity index (χ0n) is 17.5. The smallest absolute Gasteiger partial charge is 0.338 e. The van der Waals surface area contributed by atoms with Crippen molar-refractivity contribution in [3.63, 3.8) is 0 Å². The largest absolute Gasteiger partial charge is 0.449 e. The maximum absolute atomic E-state index is 12.6. The van der Waals surface area contributed by atoms with Crippen LogP contribution in [-0.2, 0) is 14.3 Å². The molecule has 1 unspecified atom stereocenters. The van der Waals surface area contributed by atoms with Gasteiger partial charge in [-0.05, 0) is 44.4 Å². The topological polar surface area (TPSA) is 93.2 Å². The van der Waals surface area contributed by atoms with Crippen molar-refractivity contribution in [1.82, 2.24) is 9.80 Å². The van der Waals surface area contributed by atoms with Crippen molar-refractivity contribution in [2.75, 3.05) is 33.4 Å². The average Bonchev–Trinajstić information content (AvgIpc) is 2.93. The first kappa shape index (κ1) is 22.0. The van der Waals surface area contributed by atoms with E-state index >= 15 is 0 Å². The number of methoxy groups -OCH3 is 1. The molecule has 0 N–H and O–H groups in total. The molecule has 0 bridgehead atoms. The molecule has 8 heteroatoms. The lowest BCUT2D eigenvalue weighted by molar-refractivity contribution is -0.139. The molecule has 3 amide bonds. The lowest BCUT2D eigenvalue weighted by atomic mass is 10.1. The van der Waals surface area contributed by atoms with Crippen LogP contribution in [0.4, 0.5) is 0 Å². The molecule has 8 nitrogen and oxygen atoms in total. The number of likely N-dealkylation sites (tertiary alicyclic amines) is 1. The van der Waals surface area contributed by atoms with E-state index in [-0.39, 0.29) is 35.0 Å². The predicted octanol–water partition coefficient (Wildman–Crippen LogP) is 2.27. The highest BCUT2D eigenvalue weighted by atomic mass is 16.5. The number of rotatable bonds is 7. The third-order valence-corrected chi connectivity index (χ3v) is 5.49. The molecule has 0 aliphatic carbocycles. The lowest BCUT2D eigenvalue weighted by Gasteiger charge is -2.24. The van der Waals surface area contributed by atoms with E-state index in [1.54, 1.807) is 18.9 Å². The van der Waals surface area contributed by atoms with Crippen LogP contribution < -0.4 is 0 Å². The molecule has 1 saturated heterocycles. The Morgan fingerprint density at radius 3 is 2.37 bits per heavy atom. The van der Waals surface area contributed by atoms with Gasteiger partial charge in [-0.2, -0.15) is 0 Å². The fourth-order valence-corrected chi connectivity index (χ4v) is 3.81. The van der Waals surface area contributed by atoms with Crippen molar-refractivity contribution >= 4 is 23.7 Å². The van der Waals surface area contributed by atoms with E-state index in [2.05, 4.69) is 0 Å². The second-order valence-electron chi connectivity index (χ2n) is 7.66. The fraction of sp³-hybridized carbons (Fsp3) is 0.545. The van der Waals surface area contributed by atoms with E-state index in [0.29, 0.717) is 26.1 Å². The number of benzene rings is 1. The van der Waals surface area contributed by atoms with Gasteiger partial charge in [-0.15, -0.1) is 0 Å². The molecule has 0 spiro atoms. The summed E-state index contributed by atoms with van der Waals surface area (Å²) >= 11 is 0. The van der Waals surface area contributed by atoms with Gasteiger partial charge in [0.2, 0.25) is 0 Å². The van der Waals surface area contributed by atoms with E-state index in [1.165, 1.54) is 18.2 Å². The number of ether oxygens (including phenoxy) is 2. The van der Waals surface area contributed by atoms with Gasteiger partial charge in [0.1, 0.15) is 0 Å². The van der Waals surface area contributed by atoms with Crippen LogP contribution >= 0.6 is 0 Å². The normalized spacial score (nSPS) is 17.5. The zero-order valence-corrected chi connectivity index (χ0v) is 17.5. The Hall–Kier alpha value is -2.74. The van der Waals surface area contributed by atoms with Crippen LogP contribution in [0.1, 0.15) is 70.1 Å². The number of carbonyl (C=O) groups excluding carboxylic acids is 4. The van der Waals surface area contributed by atoms with Crippen LogP contribution in [0.2, 0.25) is 0 Å². The molecule has 30 heavy (non-hydrogen) atoms. The Labute approximate surface area is 176 Å².